The van der Waals surface area contributed by atoms with Gasteiger partial charge in [-0.15, -0.1) is 0 Å². The lowest BCUT2D eigenvalue weighted by Gasteiger charge is -2.11. The Labute approximate surface area is 110 Å². The summed E-state index contributed by atoms with van der Waals surface area (Å²) in [6.45, 7) is 6.02. The summed E-state index contributed by atoms with van der Waals surface area (Å²) in [7, 11) is 0. The number of nitrogens with two attached hydrogens (primary N) is 1. The van der Waals surface area contributed by atoms with Crippen molar-refractivity contribution in [2.75, 3.05) is 0 Å². The number of rotatable bonds is 2. The van der Waals surface area contributed by atoms with Crippen LogP contribution in [-0.4, -0.2) is 9.78 Å². The second kappa shape index (κ2) is 4.63. The lowest BCUT2D eigenvalue weighted by Crippen LogP contribution is -2.06. The minimum Gasteiger partial charge on any atom is -0.324 e. The first kappa shape index (κ1) is 12.3. The number of halogens is 1. The summed E-state index contributed by atoms with van der Waals surface area (Å²) in [5.74, 6) is 0. The van der Waals surface area contributed by atoms with Crippen LogP contribution in [-0.2, 0) is 0 Å². The van der Waals surface area contributed by atoms with Gasteiger partial charge < -0.3 is 5.73 Å². The maximum atomic E-state index is 5.86. The second-order valence-corrected chi connectivity index (χ2v) is 5.19. The Hall–Kier alpha value is -1.13. The van der Waals surface area contributed by atoms with Crippen LogP contribution in [0.4, 0.5) is 0 Å². The van der Waals surface area contributed by atoms with Crippen LogP contribution < -0.4 is 5.73 Å². The molecule has 0 bridgehead atoms. The van der Waals surface area contributed by atoms with Gasteiger partial charge in [0, 0.05) is 16.2 Å². The van der Waals surface area contributed by atoms with Crippen LogP contribution in [0.5, 0.6) is 0 Å². The molecular formula is C13H16BrN3. The Morgan fingerprint density at radius 3 is 2.47 bits per heavy atom. The van der Waals surface area contributed by atoms with Crippen molar-refractivity contribution in [3.63, 3.8) is 0 Å². The maximum absolute atomic E-state index is 5.86. The fraction of sp³-hybridized carbons (Fsp3) is 0.308. The molecule has 2 N–H and O–H groups in total. The fourth-order valence-electron chi connectivity index (χ4n) is 1.85. The number of benzene rings is 1. The summed E-state index contributed by atoms with van der Waals surface area (Å²) in [5.41, 5.74) is 10.2. The third-order valence-electron chi connectivity index (χ3n) is 2.74. The smallest absolute Gasteiger partial charge is 0.0790 e. The molecule has 0 saturated heterocycles. The molecule has 0 radical (unpaired) electrons. The molecule has 0 aliphatic heterocycles. The van der Waals surface area contributed by atoms with Crippen molar-refractivity contribution < 1.29 is 0 Å². The van der Waals surface area contributed by atoms with Gasteiger partial charge >= 0.3 is 0 Å². The molecule has 1 aromatic heterocycles. The third-order valence-corrected chi connectivity index (χ3v) is 3.37. The van der Waals surface area contributed by atoms with E-state index in [0.29, 0.717) is 0 Å². The predicted octanol–water partition coefficient (Wildman–Crippen LogP) is 3.27. The van der Waals surface area contributed by atoms with E-state index in [1.165, 1.54) is 0 Å². The molecule has 1 atom stereocenters. The van der Waals surface area contributed by atoms with Gasteiger partial charge in [0.2, 0.25) is 0 Å². The fourth-order valence-corrected chi connectivity index (χ4v) is 2.42. The molecule has 0 unspecified atom stereocenters. The lowest BCUT2D eigenvalue weighted by molar-refractivity contribution is 0.805. The van der Waals surface area contributed by atoms with E-state index < -0.39 is 0 Å². The minimum absolute atomic E-state index is 0.0424. The molecule has 0 aliphatic rings. The van der Waals surface area contributed by atoms with Crippen LogP contribution in [0.2, 0.25) is 0 Å². The van der Waals surface area contributed by atoms with E-state index in [4.69, 9.17) is 5.73 Å². The molecule has 0 saturated carbocycles. The molecule has 0 fully saturated rings. The highest BCUT2D eigenvalue weighted by atomic mass is 79.9. The average Bonchev–Trinajstić information content (AvgIpc) is 2.57. The molecule has 4 heteroatoms. The Kier molecular flexibility index (Phi) is 3.35. The first-order valence-electron chi connectivity index (χ1n) is 5.57. The van der Waals surface area contributed by atoms with Gasteiger partial charge in [-0.1, -0.05) is 6.07 Å². The van der Waals surface area contributed by atoms with Crippen molar-refractivity contribution >= 4 is 15.9 Å². The van der Waals surface area contributed by atoms with Crippen molar-refractivity contribution in [2.45, 2.75) is 26.8 Å². The number of aromatic nitrogens is 2. The summed E-state index contributed by atoms with van der Waals surface area (Å²) in [6, 6.07) is 8.24. The molecule has 2 aromatic rings. The molecule has 90 valence electrons. The molecular weight excluding hydrogens is 278 g/mol. The van der Waals surface area contributed by atoms with Crippen LogP contribution in [0.15, 0.2) is 28.7 Å². The number of hydrogen-bond donors (Lipinski definition) is 1. The molecule has 17 heavy (non-hydrogen) atoms. The van der Waals surface area contributed by atoms with Gasteiger partial charge in [-0.2, -0.15) is 5.10 Å². The van der Waals surface area contributed by atoms with Gasteiger partial charge in [0.15, 0.2) is 0 Å². The van der Waals surface area contributed by atoms with Crippen molar-refractivity contribution in [3.8, 4) is 5.69 Å². The van der Waals surface area contributed by atoms with Gasteiger partial charge in [0.05, 0.1) is 11.4 Å². The number of hydrogen-bond acceptors (Lipinski definition) is 2. The van der Waals surface area contributed by atoms with Crippen molar-refractivity contribution in [2.24, 2.45) is 5.73 Å². The van der Waals surface area contributed by atoms with E-state index >= 15 is 0 Å². The van der Waals surface area contributed by atoms with E-state index in [9.17, 15) is 0 Å². The van der Waals surface area contributed by atoms with Crippen LogP contribution >= 0.6 is 15.9 Å². The van der Waals surface area contributed by atoms with Crippen LogP contribution in [0.25, 0.3) is 5.69 Å². The number of nitrogens with zero attached hydrogens (tertiary/aromatic N) is 2. The Morgan fingerprint density at radius 2 is 2.00 bits per heavy atom. The van der Waals surface area contributed by atoms with E-state index in [-0.39, 0.29) is 6.04 Å². The van der Waals surface area contributed by atoms with Crippen LogP contribution in [0.3, 0.4) is 0 Å². The first-order valence-corrected chi connectivity index (χ1v) is 6.37. The minimum atomic E-state index is 0.0424. The third kappa shape index (κ3) is 2.42. The van der Waals surface area contributed by atoms with Gasteiger partial charge in [-0.05, 0) is 60.5 Å². The van der Waals surface area contributed by atoms with Crippen molar-refractivity contribution in [1.29, 1.82) is 0 Å². The SMILES string of the molecule is Cc1cc(C)n(-c2ccc([C@H](C)N)cc2Br)n1. The predicted molar refractivity (Wildman–Crippen MR) is 73.3 cm³/mol. The molecule has 0 spiro atoms. The van der Waals surface area contributed by atoms with Crippen LogP contribution in [0.1, 0.15) is 29.9 Å². The Morgan fingerprint density at radius 1 is 1.29 bits per heavy atom. The molecule has 1 heterocycles. The molecule has 1 aromatic carbocycles. The maximum Gasteiger partial charge on any atom is 0.0790 e. The van der Waals surface area contributed by atoms with E-state index in [1.807, 2.05) is 37.6 Å². The van der Waals surface area contributed by atoms with Crippen molar-refractivity contribution in [3.05, 3.63) is 45.7 Å². The summed E-state index contributed by atoms with van der Waals surface area (Å²) >= 11 is 3.58. The summed E-state index contributed by atoms with van der Waals surface area (Å²) in [6.07, 6.45) is 0. The van der Waals surface area contributed by atoms with Crippen molar-refractivity contribution in [1.82, 2.24) is 9.78 Å². The highest BCUT2D eigenvalue weighted by Crippen LogP contribution is 2.25. The lowest BCUT2D eigenvalue weighted by atomic mass is 10.1. The molecule has 2 rings (SSSR count). The molecule has 0 amide bonds. The zero-order chi connectivity index (χ0) is 12.6. The topological polar surface area (TPSA) is 43.8 Å². The largest absolute Gasteiger partial charge is 0.324 e. The van der Waals surface area contributed by atoms with Gasteiger partial charge in [-0.25, -0.2) is 4.68 Å². The van der Waals surface area contributed by atoms with Gasteiger partial charge in [0.1, 0.15) is 0 Å². The molecule has 3 nitrogen and oxygen atoms in total. The Bertz CT molecular complexity index is 544. The van der Waals surface area contributed by atoms with Crippen LogP contribution in [0, 0.1) is 13.8 Å². The second-order valence-electron chi connectivity index (χ2n) is 4.34. The average molecular weight is 294 g/mol. The highest BCUT2D eigenvalue weighted by Gasteiger charge is 2.09. The summed E-state index contributed by atoms with van der Waals surface area (Å²) in [4.78, 5) is 0. The molecule has 0 aliphatic carbocycles. The first-order chi connectivity index (χ1) is 7.99. The normalized spacial score (nSPS) is 12.8. The highest BCUT2D eigenvalue weighted by molar-refractivity contribution is 9.10. The standard InChI is InChI=1S/C13H16BrN3/c1-8-6-9(2)17(16-8)13-5-4-11(10(3)15)7-12(13)14/h4-7,10H,15H2,1-3H3/t10-/m0/s1. The zero-order valence-corrected chi connectivity index (χ0v) is 11.8. The summed E-state index contributed by atoms with van der Waals surface area (Å²) in [5, 5.41) is 4.47. The van der Waals surface area contributed by atoms with Gasteiger partial charge in [0.25, 0.3) is 0 Å². The summed E-state index contributed by atoms with van der Waals surface area (Å²) < 4.78 is 2.95. The monoisotopic (exact) mass is 293 g/mol. The Balaban J connectivity index is 2.50. The van der Waals surface area contributed by atoms with E-state index in [2.05, 4.69) is 33.2 Å². The number of aryl methyl sites for hydroxylation is 2. The van der Waals surface area contributed by atoms with Gasteiger partial charge in [-0.3, -0.25) is 0 Å². The van der Waals surface area contributed by atoms with E-state index in [1.54, 1.807) is 0 Å². The quantitative estimate of drug-likeness (QED) is 0.923. The zero-order valence-electron chi connectivity index (χ0n) is 10.2. The van der Waals surface area contributed by atoms with E-state index in [0.717, 1.165) is 27.1 Å².